The summed E-state index contributed by atoms with van der Waals surface area (Å²) >= 11 is 0. The average molecular weight is 286 g/mol. The van der Waals surface area contributed by atoms with Crippen molar-refractivity contribution in [3.05, 3.63) is 36.4 Å². The number of rotatable bonds is 3. The maximum Gasteiger partial charge on any atom is 0.171 e. The molecule has 3 aromatic rings. The zero-order valence-corrected chi connectivity index (χ0v) is 11.6. The van der Waals surface area contributed by atoms with Gasteiger partial charge in [0, 0.05) is 11.6 Å². The molecule has 0 unspecified atom stereocenters. The standard InChI is InChI=1S/C16H14O5/c1-19-11-6-9(5-10(17)7-11)15-8-12-14(21-15)4-3-13(18)16(12)20-2/h3-8,17-18H,1-2H3. The van der Waals surface area contributed by atoms with Gasteiger partial charge < -0.3 is 24.1 Å². The molecule has 5 heteroatoms. The number of ether oxygens (including phenoxy) is 2. The Hall–Kier alpha value is -2.82. The summed E-state index contributed by atoms with van der Waals surface area (Å²) in [5, 5.41) is 20.2. The lowest BCUT2D eigenvalue weighted by molar-refractivity contribution is 0.378. The maximum absolute atomic E-state index is 9.79. The summed E-state index contributed by atoms with van der Waals surface area (Å²) in [6.45, 7) is 0. The van der Waals surface area contributed by atoms with Crippen LogP contribution in [-0.2, 0) is 0 Å². The number of phenols is 2. The van der Waals surface area contributed by atoms with E-state index < -0.39 is 0 Å². The van der Waals surface area contributed by atoms with Crippen LogP contribution in [0.15, 0.2) is 40.8 Å². The topological polar surface area (TPSA) is 72.1 Å². The van der Waals surface area contributed by atoms with Gasteiger partial charge >= 0.3 is 0 Å². The lowest BCUT2D eigenvalue weighted by Gasteiger charge is -2.03. The van der Waals surface area contributed by atoms with E-state index in [-0.39, 0.29) is 11.5 Å². The van der Waals surface area contributed by atoms with E-state index in [9.17, 15) is 10.2 Å². The molecule has 0 radical (unpaired) electrons. The van der Waals surface area contributed by atoms with Gasteiger partial charge in [-0.15, -0.1) is 0 Å². The van der Waals surface area contributed by atoms with Crippen LogP contribution < -0.4 is 9.47 Å². The Balaban J connectivity index is 2.20. The summed E-state index contributed by atoms with van der Waals surface area (Å²) < 4.78 is 16.1. The van der Waals surface area contributed by atoms with E-state index in [1.807, 2.05) is 0 Å². The smallest absolute Gasteiger partial charge is 0.171 e. The molecule has 0 fully saturated rings. The van der Waals surface area contributed by atoms with Crippen molar-refractivity contribution in [2.24, 2.45) is 0 Å². The van der Waals surface area contributed by atoms with Crippen LogP contribution in [-0.4, -0.2) is 24.4 Å². The fourth-order valence-corrected chi connectivity index (χ4v) is 2.27. The van der Waals surface area contributed by atoms with Crippen molar-refractivity contribution in [2.75, 3.05) is 14.2 Å². The Morgan fingerprint density at radius 2 is 1.76 bits per heavy atom. The first kappa shape index (κ1) is 13.2. The summed E-state index contributed by atoms with van der Waals surface area (Å²) in [6.07, 6.45) is 0. The van der Waals surface area contributed by atoms with Crippen LogP contribution in [0.3, 0.4) is 0 Å². The summed E-state index contributed by atoms with van der Waals surface area (Å²) in [7, 11) is 3.01. The van der Waals surface area contributed by atoms with Crippen molar-refractivity contribution in [1.82, 2.24) is 0 Å². The number of aromatic hydroxyl groups is 2. The number of hydrogen-bond acceptors (Lipinski definition) is 5. The number of furan rings is 1. The highest BCUT2D eigenvalue weighted by molar-refractivity contribution is 5.90. The molecule has 3 rings (SSSR count). The highest BCUT2D eigenvalue weighted by Gasteiger charge is 2.14. The lowest BCUT2D eigenvalue weighted by atomic mass is 10.1. The van der Waals surface area contributed by atoms with Gasteiger partial charge in [-0.3, -0.25) is 0 Å². The predicted octanol–water partition coefficient (Wildman–Crippen LogP) is 3.53. The SMILES string of the molecule is COc1cc(O)cc(-c2cc3c(OC)c(O)ccc3o2)c1. The molecule has 21 heavy (non-hydrogen) atoms. The Kier molecular flexibility index (Phi) is 3.10. The van der Waals surface area contributed by atoms with Gasteiger partial charge in [-0.2, -0.15) is 0 Å². The molecule has 1 aromatic heterocycles. The normalized spacial score (nSPS) is 10.8. The van der Waals surface area contributed by atoms with Gasteiger partial charge in [-0.1, -0.05) is 0 Å². The van der Waals surface area contributed by atoms with Crippen molar-refractivity contribution in [3.8, 4) is 34.3 Å². The van der Waals surface area contributed by atoms with Gasteiger partial charge in [0.2, 0.25) is 0 Å². The van der Waals surface area contributed by atoms with Crippen LogP contribution in [0.2, 0.25) is 0 Å². The van der Waals surface area contributed by atoms with E-state index >= 15 is 0 Å². The van der Waals surface area contributed by atoms with Gasteiger partial charge in [0.1, 0.15) is 22.8 Å². The van der Waals surface area contributed by atoms with Gasteiger partial charge in [-0.25, -0.2) is 0 Å². The van der Waals surface area contributed by atoms with E-state index in [0.29, 0.717) is 33.8 Å². The van der Waals surface area contributed by atoms with Crippen LogP contribution in [0.4, 0.5) is 0 Å². The highest BCUT2D eigenvalue weighted by atomic mass is 16.5. The lowest BCUT2D eigenvalue weighted by Crippen LogP contribution is -1.84. The molecule has 0 aliphatic carbocycles. The fraction of sp³-hybridized carbons (Fsp3) is 0.125. The molecule has 5 nitrogen and oxygen atoms in total. The molecule has 0 bridgehead atoms. The third-order valence-electron chi connectivity index (χ3n) is 3.25. The van der Waals surface area contributed by atoms with E-state index in [2.05, 4.69) is 0 Å². The van der Waals surface area contributed by atoms with Gasteiger partial charge in [0.15, 0.2) is 11.5 Å². The number of fused-ring (bicyclic) bond motifs is 1. The Labute approximate surface area is 121 Å². The van der Waals surface area contributed by atoms with Crippen LogP contribution in [0.1, 0.15) is 0 Å². The number of benzene rings is 2. The maximum atomic E-state index is 9.79. The zero-order chi connectivity index (χ0) is 15.0. The summed E-state index contributed by atoms with van der Waals surface area (Å²) in [5.41, 5.74) is 1.26. The molecule has 0 aliphatic rings. The molecule has 2 aromatic carbocycles. The van der Waals surface area contributed by atoms with Gasteiger partial charge in [-0.05, 0) is 30.3 Å². The minimum absolute atomic E-state index is 0.0471. The van der Waals surface area contributed by atoms with E-state index in [1.165, 1.54) is 26.4 Å². The summed E-state index contributed by atoms with van der Waals surface area (Å²) in [4.78, 5) is 0. The molecule has 0 saturated carbocycles. The monoisotopic (exact) mass is 286 g/mol. The van der Waals surface area contributed by atoms with Crippen molar-refractivity contribution in [2.45, 2.75) is 0 Å². The first-order valence-electron chi connectivity index (χ1n) is 6.30. The Morgan fingerprint density at radius 3 is 2.48 bits per heavy atom. The molecular weight excluding hydrogens is 272 g/mol. The second-order valence-corrected chi connectivity index (χ2v) is 4.56. The van der Waals surface area contributed by atoms with Crippen LogP contribution in [0, 0.1) is 0 Å². The molecule has 0 saturated heterocycles. The second kappa shape index (κ2) is 4.94. The molecule has 1 heterocycles. The number of methoxy groups -OCH3 is 2. The minimum atomic E-state index is 0.0471. The van der Waals surface area contributed by atoms with Crippen molar-refractivity contribution in [3.63, 3.8) is 0 Å². The molecular formula is C16H14O5. The van der Waals surface area contributed by atoms with E-state index in [4.69, 9.17) is 13.9 Å². The average Bonchev–Trinajstić information content (AvgIpc) is 2.90. The van der Waals surface area contributed by atoms with Crippen LogP contribution in [0.25, 0.3) is 22.3 Å². The fourth-order valence-electron chi connectivity index (χ4n) is 2.27. The van der Waals surface area contributed by atoms with Crippen molar-refractivity contribution in [1.29, 1.82) is 0 Å². The largest absolute Gasteiger partial charge is 0.508 e. The molecule has 0 amide bonds. The molecule has 0 spiro atoms. The number of phenolic OH excluding ortho intramolecular Hbond substituents is 2. The van der Waals surface area contributed by atoms with Crippen LogP contribution in [0.5, 0.6) is 23.0 Å². The Morgan fingerprint density at radius 1 is 0.952 bits per heavy atom. The van der Waals surface area contributed by atoms with Crippen LogP contribution >= 0.6 is 0 Å². The van der Waals surface area contributed by atoms with Gasteiger partial charge in [0.25, 0.3) is 0 Å². The van der Waals surface area contributed by atoms with Crippen molar-refractivity contribution >= 4 is 11.0 Å². The summed E-state index contributed by atoms with van der Waals surface area (Å²) in [6, 6.07) is 9.77. The molecule has 108 valence electrons. The molecule has 0 atom stereocenters. The predicted molar refractivity (Wildman–Crippen MR) is 78.1 cm³/mol. The Bertz CT molecular complexity index is 804. The van der Waals surface area contributed by atoms with Gasteiger partial charge in [0.05, 0.1) is 19.6 Å². The summed E-state index contributed by atoms with van der Waals surface area (Å²) in [5.74, 6) is 1.56. The van der Waals surface area contributed by atoms with E-state index in [1.54, 1.807) is 24.3 Å². The first-order chi connectivity index (χ1) is 10.1. The quantitative estimate of drug-likeness (QED) is 0.770. The highest BCUT2D eigenvalue weighted by Crippen LogP contribution is 2.40. The zero-order valence-electron chi connectivity index (χ0n) is 11.6. The first-order valence-corrected chi connectivity index (χ1v) is 6.30. The second-order valence-electron chi connectivity index (χ2n) is 4.56. The van der Waals surface area contributed by atoms with E-state index in [0.717, 1.165) is 0 Å². The third-order valence-corrected chi connectivity index (χ3v) is 3.25. The number of hydrogen-bond donors (Lipinski definition) is 2. The molecule has 0 aliphatic heterocycles. The minimum Gasteiger partial charge on any atom is -0.508 e. The molecule has 2 N–H and O–H groups in total. The van der Waals surface area contributed by atoms with Crippen molar-refractivity contribution < 1.29 is 24.1 Å². The third kappa shape index (κ3) is 2.23.